The van der Waals surface area contributed by atoms with E-state index in [0.29, 0.717) is 13.1 Å². The van der Waals surface area contributed by atoms with Crippen molar-refractivity contribution < 1.29 is 9.59 Å². The van der Waals surface area contributed by atoms with E-state index >= 15 is 0 Å². The van der Waals surface area contributed by atoms with Crippen LogP contribution in [-0.4, -0.2) is 24.9 Å². The zero-order valence-corrected chi connectivity index (χ0v) is 17.4. The molecule has 0 saturated carbocycles. The average molecular weight is 412 g/mol. The molecule has 2 heterocycles. The van der Waals surface area contributed by atoms with Gasteiger partial charge in [0.25, 0.3) is 0 Å². The highest BCUT2D eigenvalue weighted by Gasteiger charge is 2.40. The van der Waals surface area contributed by atoms with Gasteiger partial charge in [-0.15, -0.1) is 0 Å². The van der Waals surface area contributed by atoms with Gasteiger partial charge in [0.15, 0.2) is 5.41 Å². The van der Waals surface area contributed by atoms with Gasteiger partial charge in [0, 0.05) is 24.5 Å². The van der Waals surface area contributed by atoms with Crippen molar-refractivity contribution in [3.8, 4) is 12.1 Å². The Balaban J connectivity index is 1.54. The van der Waals surface area contributed by atoms with Crippen molar-refractivity contribution in [2.75, 3.05) is 22.9 Å². The Hall–Kier alpha value is -3.64. The largest absolute Gasteiger partial charge is 0.312 e. The average Bonchev–Trinajstić information content (AvgIpc) is 2.82. The second kappa shape index (κ2) is 8.62. The van der Waals surface area contributed by atoms with E-state index < -0.39 is 5.41 Å². The molecule has 6 nitrogen and oxygen atoms in total. The van der Waals surface area contributed by atoms with Crippen LogP contribution in [0.5, 0.6) is 0 Å². The number of rotatable bonds is 4. The van der Waals surface area contributed by atoms with Crippen LogP contribution in [0.25, 0.3) is 0 Å². The Morgan fingerprint density at radius 3 is 1.61 bits per heavy atom. The van der Waals surface area contributed by atoms with Crippen molar-refractivity contribution in [2.45, 2.75) is 38.5 Å². The normalized spacial score (nSPS) is 15.3. The SMILES string of the molecule is N#CC(C#N)(CC(=O)N1CCCc2ccccc21)CC(=O)N1CCCc2ccccc21. The van der Waals surface area contributed by atoms with Crippen molar-refractivity contribution in [1.82, 2.24) is 0 Å². The van der Waals surface area contributed by atoms with Crippen molar-refractivity contribution in [3.05, 3.63) is 59.7 Å². The highest BCUT2D eigenvalue weighted by Crippen LogP contribution is 2.34. The van der Waals surface area contributed by atoms with E-state index in [4.69, 9.17) is 0 Å². The molecule has 2 aromatic rings. The van der Waals surface area contributed by atoms with Crippen LogP contribution in [0.3, 0.4) is 0 Å². The lowest BCUT2D eigenvalue weighted by atomic mass is 9.82. The summed E-state index contributed by atoms with van der Waals surface area (Å²) in [7, 11) is 0. The van der Waals surface area contributed by atoms with E-state index in [1.54, 1.807) is 9.80 Å². The molecule has 0 bridgehead atoms. The number of para-hydroxylation sites is 2. The molecule has 4 rings (SSSR count). The van der Waals surface area contributed by atoms with Crippen LogP contribution in [0.4, 0.5) is 11.4 Å². The van der Waals surface area contributed by atoms with Crippen LogP contribution in [0.1, 0.15) is 36.8 Å². The zero-order valence-electron chi connectivity index (χ0n) is 17.4. The fraction of sp³-hybridized carbons (Fsp3) is 0.360. The van der Waals surface area contributed by atoms with E-state index in [1.807, 2.05) is 60.7 Å². The molecule has 0 unspecified atom stereocenters. The Bertz CT molecular complexity index is 1010. The minimum absolute atomic E-state index is 0.290. The number of amides is 2. The number of anilines is 2. The molecule has 0 N–H and O–H groups in total. The first kappa shape index (κ1) is 20.6. The molecule has 2 aliphatic rings. The van der Waals surface area contributed by atoms with Gasteiger partial charge in [-0.05, 0) is 48.9 Å². The number of nitriles is 2. The number of aryl methyl sites for hydroxylation is 2. The third-order valence-electron chi connectivity index (χ3n) is 6.16. The maximum Gasteiger partial charge on any atom is 0.229 e. The predicted octanol–water partition coefficient (Wildman–Crippen LogP) is 3.76. The Morgan fingerprint density at radius 1 is 0.774 bits per heavy atom. The maximum atomic E-state index is 13.1. The van der Waals surface area contributed by atoms with Crippen LogP contribution in [0.2, 0.25) is 0 Å². The van der Waals surface area contributed by atoms with E-state index in [1.165, 1.54) is 0 Å². The summed E-state index contributed by atoms with van der Waals surface area (Å²) in [5.41, 5.74) is 2.15. The Labute approximate surface area is 182 Å². The molecule has 0 radical (unpaired) electrons. The van der Waals surface area contributed by atoms with E-state index in [2.05, 4.69) is 0 Å². The fourth-order valence-corrected chi connectivity index (χ4v) is 4.54. The molecular formula is C25H24N4O2. The third kappa shape index (κ3) is 4.02. The topological polar surface area (TPSA) is 88.2 Å². The number of hydrogen-bond acceptors (Lipinski definition) is 4. The van der Waals surface area contributed by atoms with Crippen LogP contribution >= 0.6 is 0 Å². The van der Waals surface area contributed by atoms with Gasteiger partial charge in [0.1, 0.15) is 0 Å². The monoisotopic (exact) mass is 412 g/mol. The first-order chi connectivity index (χ1) is 15.1. The highest BCUT2D eigenvalue weighted by molar-refractivity contribution is 5.98. The molecule has 0 atom stereocenters. The molecule has 0 aliphatic carbocycles. The summed E-state index contributed by atoms with van der Waals surface area (Å²) in [5.74, 6) is -0.579. The summed E-state index contributed by atoms with van der Waals surface area (Å²) in [6, 6.07) is 19.4. The summed E-state index contributed by atoms with van der Waals surface area (Å²) >= 11 is 0. The molecule has 156 valence electrons. The van der Waals surface area contributed by atoms with Crippen molar-refractivity contribution in [1.29, 1.82) is 10.5 Å². The summed E-state index contributed by atoms with van der Waals surface area (Å²) in [6.45, 7) is 1.10. The van der Waals surface area contributed by atoms with Gasteiger partial charge in [0.2, 0.25) is 11.8 Å². The van der Waals surface area contributed by atoms with Gasteiger partial charge in [-0.25, -0.2) is 0 Å². The second-order valence-corrected chi connectivity index (χ2v) is 8.21. The number of hydrogen-bond donors (Lipinski definition) is 0. The standard InChI is InChI=1S/C25H24N4O2/c26-17-25(18-27,15-23(30)28-13-5-9-19-7-1-3-11-21(19)28)16-24(31)29-14-6-10-20-8-2-4-12-22(20)29/h1-4,7-8,11-12H,5-6,9-10,13-16H2. The number of fused-ring (bicyclic) bond motifs is 2. The molecular weight excluding hydrogens is 388 g/mol. The highest BCUT2D eigenvalue weighted by atomic mass is 16.2. The third-order valence-corrected chi connectivity index (χ3v) is 6.16. The van der Waals surface area contributed by atoms with Crippen molar-refractivity contribution in [3.63, 3.8) is 0 Å². The summed E-state index contributed by atoms with van der Waals surface area (Å²) in [4.78, 5) is 29.6. The molecule has 0 spiro atoms. The smallest absolute Gasteiger partial charge is 0.229 e. The second-order valence-electron chi connectivity index (χ2n) is 8.21. The summed E-state index contributed by atoms with van der Waals surface area (Å²) in [5, 5.41) is 19.7. The van der Waals surface area contributed by atoms with Gasteiger partial charge >= 0.3 is 0 Å². The predicted molar refractivity (Wildman–Crippen MR) is 117 cm³/mol. The first-order valence-corrected chi connectivity index (χ1v) is 10.7. The van der Waals surface area contributed by atoms with E-state index in [-0.39, 0.29) is 24.7 Å². The van der Waals surface area contributed by atoms with Crippen LogP contribution in [0.15, 0.2) is 48.5 Å². The van der Waals surface area contributed by atoms with Gasteiger partial charge in [0.05, 0.1) is 25.0 Å². The van der Waals surface area contributed by atoms with Gasteiger partial charge in [-0.2, -0.15) is 10.5 Å². The van der Waals surface area contributed by atoms with Crippen LogP contribution in [-0.2, 0) is 22.4 Å². The van der Waals surface area contributed by atoms with E-state index in [9.17, 15) is 20.1 Å². The zero-order chi connectivity index (χ0) is 21.8. The van der Waals surface area contributed by atoms with Crippen LogP contribution in [0, 0.1) is 28.1 Å². The quantitative estimate of drug-likeness (QED) is 0.765. The Morgan fingerprint density at radius 2 is 1.19 bits per heavy atom. The molecule has 6 heteroatoms. The fourth-order valence-electron chi connectivity index (χ4n) is 4.54. The molecule has 2 amide bonds. The van der Waals surface area contributed by atoms with Gasteiger partial charge in [-0.1, -0.05) is 36.4 Å². The van der Waals surface area contributed by atoms with Crippen molar-refractivity contribution >= 4 is 23.2 Å². The molecule has 2 aromatic carbocycles. The lowest BCUT2D eigenvalue weighted by molar-refractivity contribution is -0.122. The van der Waals surface area contributed by atoms with Crippen LogP contribution < -0.4 is 9.80 Å². The number of nitrogens with zero attached hydrogens (tertiary/aromatic N) is 4. The molecule has 2 aliphatic heterocycles. The van der Waals surface area contributed by atoms with Gasteiger partial charge in [-0.3, -0.25) is 9.59 Å². The number of carbonyl (C=O) groups is 2. The molecule has 0 aromatic heterocycles. The maximum absolute atomic E-state index is 13.1. The minimum atomic E-state index is -1.69. The first-order valence-electron chi connectivity index (χ1n) is 10.7. The van der Waals surface area contributed by atoms with Gasteiger partial charge < -0.3 is 9.80 Å². The molecule has 0 saturated heterocycles. The Kier molecular flexibility index (Phi) is 5.73. The van der Waals surface area contributed by atoms with Crippen molar-refractivity contribution in [2.24, 2.45) is 5.41 Å². The number of benzene rings is 2. The molecule has 0 fully saturated rings. The lowest BCUT2D eigenvalue weighted by Gasteiger charge is -2.33. The minimum Gasteiger partial charge on any atom is -0.312 e. The number of carbonyl (C=O) groups excluding carboxylic acids is 2. The summed E-state index contributed by atoms with van der Waals surface area (Å²) in [6.07, 6.45) is 2.87. The lowest BCUT2D eigenvalue weighted by Crippen LogP contribution is -2.42. The van der Waals surface area contributed by atoms with E-state index in [0.717, 1.165) is 48.2 Å². The molecule has 31 heavy (non-hydrogen) atoms. The summed E-state index contributed by atoms with van der Waals surface area (Å²) < 4.78 is 0.